The Morgan fingerprint density at radius 1 is 0.968 bits per heavy atom. The number of carbonyl (C=O) groups excluding carboxylic acids is 2. The fraction of sp³-hybridized carbons (Fsp3) is 0.182. The SMILES string of the molecule is CC(C)NS(=O)(=O)c1ccc(C(=O)NCc2cccc(NC(=O)c3ccco3)c2)cc1. The number of furan rings is 1. The molecule has 0 atom stereocenters. The molecule has 8 nitrogen and oxygen atoms in total. The highest BCUT2D eigenvalue weighted by atomic mass is 32.2. The van der Waals surface area contributed by atoms with Gasteiger partial charge < -0.3 is 15.1 Å². The number of hydrogen-bond acceptors (Lipinski definition) is 5. The minimum absolute atomic E-state index is 0.0951. The van der Waals surface area contributed by atoms with Gasteiger partial charge in [0.15, 0.2) is 5.76 Å². The molecule has 3 aromatic rings. The molecule has 2 amide bonds. The van der Waals surface area contributed by atoms with E-state index in [1.54, 1.807) is 44.2 Å². The summed E-state index contributed by atoms with van der Waals surface area (Å²) < 4.78 is 31.9. The molecule has 0 saturated carbocycles. The standard InChI is InChI=1S/C22H23N3O5S/c1-15(2)25-31(28,29)19-10-8-17(9-11-19)21(26)23-14-16-5-3-6-18(13-16)24-22(27)20-7-4-12-30-20/h3-13,15,25H,14H2,1-2H3,(H,23,26)(H,24,27). The Morgan fingerprint density at radius 2 is 1.71 bits per heavy atom. The normalized spacial score (nSPS) is 11.3. The average Bonchev–Trinajstić information content (AvgIpc) is 3.27. The van der Waals surface area contributed by atoms with Gasteiger partial charge in [0.2, 0.25) is 10.0 Å². The van der Waals surface area contributed by atoms with Crippen molar-refractivity contribution >= 4 is 27.5 Å². The lowest BCUT2D eigenvalue weighted by atomic mass is 10.1. The molecule has 3 N–H and O–H groups in total. The maximum absolute atomic E-state index is 12.4. The summed E-state index contributed by atoms with van der Waals surface area (Å²) in [5.41, 5.74) is 1.69. The monoisotopic (exact) mass is 441 g/mol. The number of rotatable bonds is 8. The predicted octanol–water partition coefficient (Wildman–Crippen LogP) is 3.15. The number of amides is 2. The fourth-order valence-corrected chi connectivity index (χ4v) is 4.06. The first-order valence-corrected chi connectivity index (χ1v) is 11.1. The minimum atomic E-state index is -3.61. The highest BCUT2D eigenvalue weighted by Gasteiger charge is 2.16. The van der Waals surface area contributed by atoms with Gasteiger partial charge in [-0.1, -0.05) is 12.1 Å². The number of benzene rings is 2. The summed E-state index contributed by atoms with van der Waals surface area (Å²) in [6, 6.07) is 15.7. The van der Waals surface area contributed by atoms with Crippen molar-refractivity contribution < 1.29 is 22.4 Å². The van der Waals surface area contributed by atoms with Crippen molar-refractivity contribution in [2.75, 3.05) is 5.32 Å². The van der Waals surface area contributed by atoms with E-state index in [1.165, 1.54) is 30.5 Å². The third-order valence-electron chi connectivity index (χ3n) is 4.20. The molecule has 0 aliphatic heterocycles. The van der Waals surface area contributed by atoms with Crippen LogP contribution in [-0.4, -0.2) is 26.3 Å². The molecule has 1 heterocycles. The van der Waals surface area contributed by atoms with E-state index < -0.39 is 10.0 Å². The molecular weight excluding hydrogens is 418 g/mol. The quantitative estimate of drug-likeness (QED) is 0.496. The summed E-state index contributed by atoms with van der Waals surface area (Å²) in [6.07, 6.45) is 1.42. The second kappa shape index (κ2) is 9.59. The molecule has 0 aliphatic carbocycles. The molecule has 2 aromatic carbocycles. The molecule has 0 saturated heterocycles. The number of hydrogen-bond donors (Lipinski definition) is 3. The van der Waals surface area contributed by atoms with Crippen molar-refractivity contribution in [3.05, 3.63) is 83.8 Å². The fourth-order valence-electron chi connectivity index (χ4n) is 2.81. The lowest BCUT2D eigenvalue weighted by Crippen LogP contribution is -2.30. The average molecular weight is 442 g/mol. The zero-order chi connectivity index (χ0) is 22.4. The van der Waals surface area contributed by atoms with E-state index in [-0.39, 0.29) is 35.1 Å². The highest BCUT2D eigenvalue weighted by molar-refractivity contribution is 7.89. The van der Waals surface area contributed by atoms with Gasteiger partial charge in [-0.25, -0.2) is 13.1 Å². The molecule has 1 aromatic heterocycles. The number of nitrogens with one attached hydrogen (secondary N) is 3. The molecule has 3 rings (SSSR count). The first-order chi connectivity index (χ1) is 14.7. The van der Waals surface area contributed by atoms with Gasteiger partial charge in [0, 0.05) is 23.8 Å². The molecule has 0 fully saturated rings. The predicted molar refractivity (Wildman–Crippen MR) is 116 cm³/mol. The Bertz CT molecular complexity index is 1150. The zero-order valence-corrected chi connectivity index (χ0v) is 17.9. The third kappa shape index (κ3) is 6.03. The Hall–Kier alpha value is -3.43. The van der Waals surface area contributed by atoms with E-state index in [1.807, 2.05) is 6.07 Å². The molecule has 0 bridgehead atoms. The first-order valence-electron chi connectivity index (χ1n) is 9.59. The van der Waals surface area contributed by atoms with Crippen molar-refractivity contribution in [3.8, 4) is 0 Å². The van der Waals surface area contributed by atoms with Crippen LogP contribution in [0.5, 0.6) is 0 Å². The molecule has 9 heteroatoms. The van der Waals surface area contributed by atoms with Crippen LogP contribution in [0.15, 0.2) is 76.2 Å². The summed E-state index contributed by atoms with van der Waals surface area (Å²) >= 11 is 0. The second-order valence-corrected chi connectivity index (χ2v) is 8.83. The van der Waals surface area contributed by atoms with Crippen LogP contribution in [0.2, 0.25) is 0 Å². The summed E-state index contributed by atoms with van der Waals surface area (Å²) in [5, 5.41) is 5.51. The van der Waals surface area contributed by atoms with Crippen LogP contribution < -0.4 is 15.4 Å². The van der Waals surface area contributed by atoms with Crippen LogP contribution in [-0.2, 0) is 16.6 Å². The van der Waals surface area contributed by atoms with Crippen LogP contribution in [0.4, 0.5) is 5.69 Å². The van der Waals surface area contributed by atoms with E-state index >= 15 is 0 Å². The lowest BCUT2D eigenvalue weighted by molar-refractivity contribution is 0.0949. The van der Waals surface area contributed by atoms with Crippen molar-refractivity contribution in [3.63, 3.8) is 0 Å². The van der Waals surface area contributed by atoms with Gasteiger partial charge in [-0.2, -0.15) is 0 Å². The Balaban J connectivity index is 1.60. The van der Waals surface area contributed by atoms with Gasteiger partial charge >= 0.3 is 0 Å². The van der Waals surface area contributed by atoms with Crippen molar-refractivity contribution in [2.45, 2.75) is 31.3 Å². The molecule has 0 aliphatic rings. The Labute approximate surface area is 180 Å². The van der Waals surface area contributed by atoms with Crippen LogP contribution >= 0.6 is 0 Å². The van der Waals surface area contributed by atoms with Gasteiger partial charge in [0.05, 0.1) is 11.2 Å². The number of sulfonamides is 1. The zero-order valence-electron chi connectivity index (χ0n) is 17.1. The maximum atomic E-state index is 12.4. The van der Waals surface area contributed by atoms with Gasteiger partial charge in [-0.3, -0.25) is 9.59 Å². The Morgan fingerprint density at radius 3 is 2.35 bits per heavy atom. The largest absolute Gasteiger partial charge is 0.459 e. The van der Waals surface area contributed by atoms with Gasteiger partial charge in [0.25, 0.3) is 11.8 Å². The van der Waals surface area contributed by atoms with Crippen LogP contribution in [0, 0.1) is 0 Å². The smallest absolute Gasteiger partial charge is 0.291 e. The van der Waals surface area contributed by atoms with E-state index in [0.717, 1.165) is 5.56 Å². The molecule has 0 spiro atoms. The molecule has 162 valence electrons. The summed E-state index contributed by atoms with van der Waals surface area (Å²) in [7, 11) is -3.61. The lowest BCUT2D eigenvalue weighted by Gasteiger charge is -2.10. The van der Waals surface area contributed by atoms with Crippen LogP contribution in [0.25, 0.3) is 0 Å². The van der Waals surface area contributed by atoms with Crippen molar-refractivity contribution in [1.82, 2.24) is 10.0 Å². The topological polar surface area (TPSA) is 118 Å². The minimum Gasteiger partial charge on any atom is -0.459 e. The van der Waals surface area contributed by atoms with Gasteiger partial charge in [-0.15, -0.1) is 0 Å². The summed E-state index contributed by atoms with van der Waals surface area (Å²) in [4.78, 5) is 24.6. The van der Waals surface area contributed by atoms with Crippen molar-refractivity contribution in [2.24, 2.45) is 0 Å². The van der Waals surface area contributed by atoms with Gasteiger partial charge in [-0.05, 0) is 67.9 Å². The van der Waals surface area contributed by atoms with E-state index in [4.69, 9.17) is 4.42 Å². The van der Waals surface area contributed by atoms with E-state index in [9.17, 15) is 18.0 Å². The van der Waals surface area contributed by atoms with Gasteiger partial charge in [0.1, 0.15) is 0 Å². The second-order valence-electron chi connectivity index (χ2n) is 7.11. The van der Waals surface area contributed by atoms with Crippen LogP contribution in [0.3, 0.4) is 0 Å². The van der Waals surface area contributed by atoms with Crippen molar-refractivity contribution in [1.29, 1.82) is 0 Å². The van der Waals surface area contributed by atoms with Crippen LogP contribution in [0.1, 0.15) is 40.3 Å². The molecule has 31 heavy (non-hydrogen) atoms. The third-order valence-corrected chi connectivity index (χ3v) is 5.88. The first kappa shape index (κ1) is 22.3. The van der Waals surface area contributed by atoms with E-state index in [0.29, 0.717) is 11.3 Å². The number of anilines is 1. The highest BCUT2D eigenvalue weighted by Crippen LogP contribution is 2.14. The number of carbonyl (C=O) groups is 2. The maximum Gasteiger partial charge on any atom is 0.291 e. The summed E-state index contributed by atoms with van der Waals surface area (Å²) in [5.74, 6) is -0.508. The van der Waals surface area contributed by atoms with E-state index in [2.05, 4.69) is 15.4 Å². The Kier molecular flexibility index (Phi) is 6.88. The molecular formula is C22H23N3O5S. The molecule has 0 radical (unpaired) electrons. The summed E-state index contributed by atoms with van der Waals surface area (Å²) in [6.45, 7) is 3.70. The molecule has 0 unspecified atom stereocenters.